The van der Waals surface area contributed by atoms with Crippen LogP contribution in [0.1, 0.15) is 23.0 Å². The molecule has 27 heavy (non-hydrogen) atoms. The minimum atomic E-state index is -0.323. The van der Waals surface area contributed by atoms with Gasteiger partial charge in [0.05, 0.1) is 17.7 Å². The first-order valence-corrected chi connectivity index (χ1v) is 8.99. The number of aromatic nitrogens is 1. The lowest BCUT2D eigenvalue weighted by Crippen LogP contribution is -2.05. The average Bonchev–Trinajstić information content (AvgIpc) is 2.68. The predicted molar refractivity (Wildman–Crippen MR) is 110 cm³/mol. The van der Waals surface area contributed by atoms with E-state index < -0.39 is 0 Å². The van der Waals surface area contributed by atoms with E-state index in [2.05, 4.69) is 34.6 Å². The second-order valence-electron chi connectivity index (χ2n) is 6.42. The van der Waals surface area contributed by atoms with Gasteiger partial charge in [-0.05, 0) is 49.6 Å². The van der Waals surface area contributed by atoms with Crippen molar-refractivity contribution in [2.24, 2.45) is 0 Å². The van der Waals surface area contributed by atoms with E-state index in [-0.39, 0.29) is 5.97 Å². The summed E-state index contributed by atoms with van der Waals surface area (Å²) in [5.41, 5.74) is 4.21. The number of carbonyl (C=O) groups is 1. The van der Waals surface area contributed by atoms with Gasteiger partial charge in [0.15, 0.2) is 0 Å². The third-order valence-electron chi connectivity index (χ3n) is 4.51. The standard InChI is InChI=1S/C23H20N2O2/c1-3-27-23(26)17-11-12-21-19(14-17)22(13-15(2)24-21)25-20-10-6-8-16-7-4-5-9-18(16)20/h4-14H,3H2,1-2H3,(H,24,25). The summed E-state index contributed by atoms with van der Waals surface area (Å²) in [5.74, 6) is -0.323. The summed E-state index contributed by atoms with van der Waals surface area (Å²) in [6, 6.07) is 21.9. The third-order valence-corrected chi connectivity index (χ3v) is 4.51. The zero-order chi connectivity index (χ0) is 18.8. The molecular weight excluding hydrogens is 336 g/mol. The maximum atomic E-state index is 12.1. The van der Waals surface area contributed by atoms with Crippen LogP contribution in [0.25, 0.3) is 21.7 Å². The van der Waals surface area contributed by atoms with Crippen LogP contribution >= 0.6 is 0 Å². The molecule has 0 spiro atoms. The number of nitrogens with one attached hydrogen (secondary N) is 1. The van der Waals surface area contributed by atoms with E-state index >= 15 is 0 Å². The second-order valence-corrected chi connectivity index (χ2v) is 6.42. The van der Waals surface area contributed by atoms with Gasteiger partial charge in [-0.1, -0.05) is 36.4 Å². The molecule has 0 aliphatic heterocycles. The SMILES string of the molecule is CCOC(=O)c1ccc2nc(C)cc(Nc3cccc4ccccc34)c2c1. The molecule has 1 aromatic heterocycles. The van der Waals surface area contributed by atoms with Gasteiger partial charge >= 0.3 is 5.97 Å². The fourth-order valence-electron chi connectivity index (χ4n) is 3.28. The number of fused-ring (bicyclic) bond motifs is 2. The molecule has 0 saturated heterocycles. The van der Waals surface area contributed by atoms with Crippen molar-refractivity contribution >= 4 is 39.0 Å². The molecule has 4 aromatic rings. The maximum Gasteiger partial charge on any atom is 0.338 e. The molecule has 1 N–H and O–H groups in total. The van der Waals surface area contributed by atoms with Gasteiger partial charge in [0.1, 0.15) is 0 Å². The number of hydrogen-bond donors (Lipinski definition) is 1. The van der Waals surface area contributed by atoms with Crippen molar-refractivity contribution in [3.63, 3.8) is 0 Å². The molecule has 0 saturated carbocycles. The van der Waals surface area contributed by atoms with Gasteiger partial charge in [0, 0.05) is 27.8 Å². The normalized spacial score (nSPS) is 10.9. The minimum absolute atomic E-state index is 0.323. The molecule has 0 aliphatic rings. The van der Waals surface area contributed by atoms with Gasteiger partial charge in [-0.15, -0.1) is 0 Å². The van der Waals surface area contributed by atoms with Gasteiger partial charge in [-0.25, -0.2) is 4.79 Å². The summed E-state index contributed by atoms with van der Waals surface area (Å²) in [7, 11) is 0. The number of aryl methyl sites for hydroxylation is 1. The van der Waals surface area contributed by atoms with Gasteiger partial charge in [-0.2, -0.15) is 0 Å². The van der Waals surface area contributed by atoms with Crippen LogP contribution in [0.5, 0.6) is 0 Å². The molecule has 3 aromatic carbocycles. The molecule has 0 unspecified atom stereocenters. The number of carbonyl (C=O) groups excluding carboxylic acids is 1. The lowest BCUT2D eigenvalue weighted by molar-refractivity contribution is 0.0526. The van der Waals surface area contributed by atoms with Crippen molar-refractivity contribution < 1.29 is 9.53 Å². The highest BCUT2D eigenvalue weighted by molar-refractivity contribution is 6.02. The lowest BCUT2D eigenvalue weighted by Gasteiger charge is -2.14. The highest BCUT2D eigenvalue weighted by Crippen LogP contribution is 2.31. The van der Waals surface area contributed by atoms with Crippen LogP contribution in [-0.4, -0.2) is 17.6 Å². The molecule has 0 amide bonds. The Balaban J connectivity index is 1.84. The summed E-state index contributed by atoms with van der Waals surface area (Å²) in [4.78, 5) is 16.7. The average molecular weight is 356 g/mol. The molecular formula is C23H20N2O2. The third kappa shape index (κ3) is 3.34. The first kappa shape index (κ1) is 17.0. The number of rotatable bonds is 4. The van der Waals surface area contributed by atoms with Crippen LogP contribution in [0.2, 0.25) is 0 Å². The van der Waals surface area contributed by atoms with Crippen LogP contribution in [0.4, 0.5) is 11.4 Å². The highest BCUT2D eigenvalue weighted by atomic mass is 16.5. The van der Waals surface area contributed by atoms with Gasteiger partial charge in [-0.3, -0.25) is 4.98 Å². The Kier molecular flexibility index (Phi) is 4.47. The van der Waals surface area contributed by atoms with E-state index in [0.717, 1.165) is 33.4 Å². The Morgan fingerprint density at radius 1 is 0.963 bits per heavy atom. The number of pyridine rings is 1. The summed E-state index contributed by atoms with van der Waals surface area (Å²) < 4.78 is 5.14. The maximum absolute atomic E-state index is 12.1. The largest absolute Gasteiger partial charge is 0.462 e. The Labute approximate surface area is 157 Å². The van der Waals surface area contributed by atoms with Crippen LogP contribution in [0.15, 0.2) is 66.7 Å². The highest BCUT2D eigenvalue weighted by Gasteiger charge is 2.11. The van der Waals surface area contributed by atoms with E-state index in [1.165, 1.54) is 5.39 Å². The molecule has 4 rings (SSSR count). The van der Waals surface area contributed by atoms with Crippen molar-refractivity contribution in [1.29, 1.82) is 0 Å². The molecule has 1 heterocycles. The summed E-state index contributed by atoms with van der Waals surface area (Å²) >= 11 is 0. The van der Waals surface area contributed by atoms with Gasteiger partial charge in [0.2, 0.25) is 0 Å². The Morgan fingerprint density at radius 3 is 2.63 bits per heavy atom. The quantitative estimate of drug-likeness (QED) is 0.482. The number of hydrogen-bond acceptors (Lipinski definition) is 4. The summed E-state index contributed by atoms with van der Waals surface area (Å²) in [6.07, 6.45) is 0. The molecule has 134 valence electrons. The number of anilines is 2. The molecule has 0 fully saturated rings. The molecule has 0 radical (unpaired) electrons. The zero-order valence-electron chi connectivity index (χ0n) is 15.3. The topological polar surface area (TPSA) is 51.2 Å². The lowest BCUT2D eigenvalue weighted by atomic mass is 10.1. The minimum Gasteiger partial charge on any atom is -0.462 e. The number of benzene rings is 3. The first-order valence-electron chi connectivity index (χ1n) is 8.99. The Bertz CT molecular complexity index is 1150. The van der Waals surface area contributed by atoms with Crippen LogP contribution in [-0.2, 0) is 4.74 Å². The molecule has 4 nitrogen and oxygen atoms in total. The van der Waals surface area contributed by atoms with Crippen molar-refractivity contribution in [2.45, 2.75) is 13.8 Å². The van der Waals surface area contributed by atoms with E-state index in [1.807, 2.05) is 43.3 Å². The van der Waals surface area contributed by atoms with Crippen molar-refractivity contribution in [3.8, 4) is 0 Å². The van der Waals surface area contributed by atoms with E-state index in [1.54, 1.807) is 13.0 Å². The van der Waals surface area contributed by atoms with Gasteiger partial charge in [0.25, 0.3) is 0 Å². The zero-order valence-corrected chi connectivity index (χ0v) is 15.3. The monoisotopic (exact) mass is 356 g/mol. The molecule has 0 aliphatic carbocycles. The van der Waals surface area contributed by atoms with Crippen molar-refractivity contribution in [2.75, 3.05) is 11.9 Å². The van der Waals surface area contributed by atoms with Gasteiger partial charge < -0.3 is 10.1 Å². The molecule has 0 bridgehead atoms. The van der Waals surface area contributed by atoms with E-state index in [0.29, 0.717) is 12.2 Å². The molecule has 0 atom stereocenters. The fraction of sp³-hybridized carbons (Fsp3) is 0.130. The van der Waals surface area contributed by atoms with E-state index in [9.17, 15) is 4.79 Å². The Morgan fingerprint density at radius 2 is 1.78 bits per heavy atom. The molecule has 4 heteroatoms. The predicted octanol–water partition coefficient (Wildman–Crippen LogP) is 5.62. The van der Waals surface area contributed by atoms with Crippen LogP contribution in [0.3, 0.4) is 0 Å². The van der Waals surface area contributed by atoms with Crippen LogP contribution in [0, 0.1) is 6.92 Å². The van der Waals surface area contributed by atoms with Crippen LogP contribution < -0.4 is 5.32 Å². The first-order chi connectivity index (χ1) is 13.2. The number of esters is 1. The van der Waals surface area contributed by atoms with Crippen molar-refractivity contribution in [3.05, 3.63) is 78.0 Å². The smallest absolute Gasteiger partial charge is 0.338 e. The van der Waals surface area contributed by atoms with E-state index in [4.69, 9.17) is 4.74 Å². The Hall–Kier alpha value is -3.40. The fourth-order valence-corrected chi connectivity index (χ4v) is 3.28. The second kappa shape index (κ2) is 7.08. The summed E-state index contributed by atoms with van der Waals surface area (Å²) in [5, 5.41) is 6.74. The number of nitrogens with zero attached hydrogens (tertiary/aromatic N) is 1. The number of ether oxygens (including phenoxy) is 1. The summed E-state index contributed by atoms with van der Waals surface area (Å²) in [6.45, 7) is 4.12. The van der Waals surface area contributed by atoms with Crippen molar-refractivity contribution in [1.82, 2.24) is 4.98 Å².